The van der Waals surface area contributed by atoms with Gasteiger partial charge in [0, 0.05) is 34.2 Å². The maximum absolute atomic E-state index is 12.0. The van der Waals surface area contributed by atoms with Crippen LogP contribution in [-0.4, -0.2) is 16.2 Å². The van der Waals surface area contributed by atoms with Crippen molar-refractivity contribution >= 4 is 35.1 Å². The molecule has 124 valence electrons. The van der Waals surface area contributed by atoms with Crippen LogP contribution in [0, 0.1) is 10.1 Å². The van der Waals surface area contributed by atoms with Crippen molar-refractivity contribution in [2.24, 2.45) is 0 Å². The highest BCUT2D eigenvalue weighted by Crippen LogP contribution is 2.32. The number of nitro groups is 1. The van der Waals surface area contributed by atoms with Gasteiger partial charge in [0.25, 0.3) is 5.69 Å². The lowest BCUT2D eigenvalue weighted by atomic mass is 10.2. The van der Waals surface area contributed by atoms with Crippen molar-refractivity contribution in [1.82, 2.24) is 4.98 Å². The molecule has 0 spiro atoms. The van der Waals surface area contributed by atoms with Gasteiger partial charge in [-0.3, -0.25) is 19.7 Å². The van der Waals surface area contributed by atoms with Gasteiger partial charge in [0.1, 0.15) is 10.0 Å². The minimum absolute atomic E-state index is 0.161. The van der Waals surface area contributed by atoms with Gasteiger partial charge in [0.15, 0.2) is 6.29 Å². The number of benzene rings is 2. The molecule has 1 aromatic heterocycles. The number of nitro benzene ring substituents is 1. The zero-order valence-corrected chi connectivity index (χ0v) is 14.3. The normalized spacial score (nSPS) is 10.4. The average Bonchev–Trinajstić information content (AvgIpc) is 2.62. The zero-order valence-electron chi connectivity index (χ0n) is 12.6. The van der Waals surface area contributed by atoms with E-state index in [0.29, 0.717) is 21.2 Å². The van der Waals surface area contributed by atoms with Crippen molar-refractivity contribution in [1.29, 1.82) is 0 Å². The second kappa shape index (κ2) is 7.37. The Morgan fingerprint density at radius 1 is 1.12 bits per heavy atom. The Bertz CT molecular complexity index is 1000. The molecule has 6 nitrogen and oxygen atoms in total. The summed E-state index contributed by atoms with van der Waals surface area (Å²) in [7, 11) is 0. The zero-order chi connectivity index (χ0) is 17.8. The summed E-state index contributed by atoms with van der Waals surface area (Å²) in [5.74, 6) is 0. The van der Waals surface area contributed by atoms with E-state index >= 15 is 0 Å². The number of hydrogen-bond acceptors (Lipinski definition) is 7. The van der Waals surface area contributed by atoms with E-state index in [1.807, 2.05) is 30.3 Å². The lowest BCUT2D eigenvalue weighted by Gasteiger charge is -2.05. The second-order valence-corrected chi connectivity index (χ2v) is 6.94. The molecule has 3 aromatic rings. The van der Waals surface area contributed by atoms with Gasteiger partial charge < -0.3 is 0 Å². The Morgan fingerprint density at radius 2 is 1.88 bits per heavy atom. The Labute approximate surface area is 150 Å². The fourth-order valence-corrected chi connectivity index (χ4v) is 3.86. The van der Waals surface area contributed by atoms with Gasteiger partial charge in [-0.1, -0.05) is 53.4 Å². The number of aromatic nitrogens is 1. The molecule has 25 heavy (non-hydrogen) atoms. The van der Waals surface area contributed by atoms with Gasteiger partial charge >= 0.3 is 0 Å². The summed E-state index contributed by atoms with van der Waals surface area (Å²) in [5, 5.41) is 11.8. The summed E-state index contributed by atoms with van der Waals surface area (Å²) >= 11 is 2.16. The minimum Gasteiger partial charge on any atom is -0.298 e. The van der Waals surface area contributed by atoms with E-state index in [-0.39, 0.29) is 16.0 Å². The summed E-state index contributed by atoms with van der Waals surface area (Å²) in [5.41, 5.74) is 0.845. The molecule has 0 amide bonds. The van der Waals surface area contributed by atoms with Gasteiger partial charge in [0.05, 0.1) is 4.92 Å². The van der Waals surface area contributed by atoms with Crippen molar-refractivity contribution in [2.45, 2.75) is 9.92 Å². The molecule has 8 heteroatoms. The van der Waals surface area contributed by atoms with Crippen LogP contribution in [0.5, 0.6) is 0 Å². The molecule has 2 aromatic carbocycles. The Kier molecular flexibility index (Phi) is 5.01. The Balaban J connectivity index is 1.99. The largest absolute Gasteiger partial charge is 0.298 e. The molecule has 0 N–H and O–H groups in total. The van der Waals surface area contributed by atoms with Crippen LogP contribution < -0.4 is 4.74 Å². The quantitative estimate of drug-likeness (QED) is 0.382. The summed E-state index contributed by atoms with van der Waals surface area (Å²) in [4.78, 5) is 38.4. The molecular weight excluding hydrogens is 360 g/mol. The standard InChI is InChI=1S/C17H10N2O4S2/c20-10-12-8-13(19(22)23)6-7-14(12)24-15-9-16(21)25-17(18-15)11-4-2-1-3-5-11/h1-10H. The van der Waals surface area contributed by atoms with Crippen molar-refractivity contribution in [3.05, 3.63) is 79.8 Å². The van der Waals surface area contributed by atoms with Crippen molar-refractivity contribution in [2.75, 3.05) is 0 Å². The topological polar surface area (TPSA) is 90.2 Å². The van der Waals surface area contributed by atoms with Crippen molar-refractivity contribution < 1.29 is 9.72 Å². The minimum atomic E-state index is -0.562. The van der Waals surface area contributed by atoms with E-state index in [2.05, 4.69) is 4.98 Å². The molecular formula is C17H10N2O4S2. The van der Waals surface area contributed by atoms with E-state index < -0.39 is 4.92 Å². The highest BCUT2D eigenvalue weighted by molar-refractivity contribution is 7.99. The summed E-state index contributed by atoms with van der Waals surface area (Å²) in [6, 6.07) is 14.7. The molecule has 0 saturated carbocycles. The molecule has 0 aliphatic heterocycles. The number of non-ortho nitro benzene ring substituents is 1. The fourth-order valence-electron chi connectivity index (χ4n) is 2.08. The van der Waals surface area contributed by atoms with E-state index in [1.54, 1.807) is 0 Å². The van der Waals surface area contributed by atoms with E-state index in [4.69, 9.17) is 0 Å². The first-order valence-corrected chi connectivity index (χ1v) is 8.69. The van der Waals surface area contributed by atoms with Gasteiger partial charge in [-0.05, 0) is 6.07 Å². The highest BCUT2D eigenvalue weighted by atomic mass is 32.2. The molecule has 0 aliphatic rings. The average molecular weight is 370 g/mol. The lowest BCUT2D eigenvalue weighted by molar-refractivity contribution is -0.384. The number of nitrogens with zero attached hydrogens (tertiary/aromatic N) is 2. The maximum Gasteiger partial charge on any atom is 0.270 e. The molecule has 0 aliphatic carbocycles. The van der Waals surface area contributed by atoms with Crippen LogP contribution in [-0.2, 0) is 0 Å². The maximum atomic E-state index is 12.0. The lowest BCUT2D eigenvalue weighted by Crippen LogP contribution is -1.98. The predicted octanol–water partition coefficient (Wildman–Crippen LogP) is 4.04. The SMILES string of the molecule is O=Cc1cc([N+](=O)[O-])ccc1Sc1cc(=O)sc(-c2ccccc2)n1. The van der Waals surface area contributed by atoms with Crippen molar-refractivity contribution in [3.63, 3.8) is 0 Å². The van der Waals surface area contributed by atoms with Gasteiger partial charge in [0.2, 0.25) is 4.74 Å². The summed E-state index contributed by atoms with van der Waals surface area (Å²) < 4.78 is -0.161. The number of rotatable bonds is 5. The molecule has 0 unspecified atom stereocenters. The van der Waals surface area contributed by atoms with Gasteiger partial charge in [-0.15, -0.1) is 0 Å². The molecule has 0 atom stereocenters. The number of hydrogen-bond donors (Lipinski definition) is 0. The first-order chi connectivity index (χ1) is 12.1. The van der Waals surface area contributed by atoms with Crippen LogP contribution in [0.4, 0.5) is 5.69 Å². The van der Waals surface area contributed by atoms with Crippen LogP contribution in [0.3, 0.4) is 0 Å². The van der Waals surface area contributed by atoms with Gasteiger partial charge in [-0.25, -0.2) is 4.98 Å². The third-order valence-corrected chi connectivity index (χ3v) is 5.07. The first kappa shape index (κ1) is 17.0. The molecule has 1 heterocycles. The summed E-state index contributed by atoms with van der Waals surface area (Å²) in [6.45, 7) is 0. The molecule has 3 rings (SSSR count). The number of carbonyl (C=O) groups excluding carboxylic acids is 1. The van der Waals surface area contributed by atoms with Crippen LogP contribution in [0.1, 0.15) is 10.4 Å². The molecule has 0 radical (unpaired) electrons. The third-order valence-electron chi connectivity index (χ3n) is 3.22. The smallest absolute Gasteiger partial charge is 0.270 e. The highest BCUT2D eigenvalue weighted by Gasteiger charge is 2.13. The molecule has 0 bridgehead atoms. The van der Waals surface area contributed by atoms with E-state index in [0.717, 1.165) is 28.7 Å². The predicted molar refractivity (Wildman–Crippen MR) is 96.4 cm³/mol. The third kappa shape index (κ3) is 3.98. The van der Waals surface area contributed by atoms with Gasteiger partial charge in [-0.2, -0.15) is 0 Å². The monoisotopic (exact) mass is 370 g/mol. The summed E-state index contributed by atoms with van der Waals surface area (Å²) in [6.07, 6.45) is 0.553. The first-order valence-electron chi connectivity index (χ1n) is 7.06. The van der Waals surface area contributed by atoms with Crippen LogP contribution in [0.25, 0.3) is 10.6 Å². The van der Waals surface area contributed by atoms with Crippen LogP contribution in [0.2, 0.25) is 0 Å². The van der Waals surface area contributed by atoms with Crippen LogP contribution in [0.15, 0.2) is 69.3 Å². The number of carbonyl (C=O) groups is 1. The molecule has 0 saturated heterocycles. The Morgan fingerprint density at radius 3 is 2.56 bits per heavy atom. The van der Waals surface area contributed by atoms with E-state index in [9.17, 15) is 19.7 Å². The molecule has 0 fully saturated rings. The van der Waals surface area contributed by atoms with E-state index in [1.165, 1.54) is 24.3 Å². The van der Waals surface area contributed by atoms with Crippen molar-refractivity contribution in [3.8, 4) is 10.6 Å². The number of aldehydes is 1. The fraction of sp³-hybridized carbons (Fsp3) is 0. The Hall–Kier alpha value is -2.84. The second-order valence-electron chi connectivity index (χ2n) is 4.89. The van der Waals surface area contributed by atoms with Crippen LogP contribution >= 0.6 is 23.1 Å².